The van der Waals surface area contributed by atoms with Crippen LogP contribution in [0.2, 0.25) is 0 Å². The van der Waals surface area contributed by atoms with Crippen LogP contribution in [0.25, 0.3) is 5.76 Å². The molecule has 1 atom stereocenters. The number of aliphatic hydroxyl groups is 1. The minimum atomic E-state index is -1.79. The van der Waals surface area contributed by atoms with Crippen molar-refractivity contribution in [2.75, 3.05) is 57.4 Å². The fourth-order valence-corrected chi connectivity index (χ4v) is 5.76. The number of ketones is 1. The third kappa shape index (κ3) is 4.51. The first-order chi connectivity index (χ1) is 19.4. The molecule has 0 aromatic heterocycles. The Kier molecular flexibility index (Phi) is 7.86. The van der Waals surface area contributed by atoms with Gasteiger partial charge in [-0.25, -0.2) is 0 Å². The fourth-order valence-electron chi connectivity index (χ4n) is 5.76. The van der Waals surface area contributed by atoms with E-state index in [1.54, 1.807) is 60.7 Å². The van der Waals surface area contributed by atoms with Gasteiger partial charge in [0.2, 0.25) is 0 Å². The number of anilines is 1. The second-order valence-electron chi connectivity index (χ2n) is 9.87. The Hall–Kier alpha value is -4.21. The topological polar surface area (TPSA) is 99.6 Å². The molecule has 1 N–H and O–H groups in total. The lowest BCUT2D eigenvalue weighted by atomic mass is 9.82. The first kappa shape index (κ1) is 27.4. The van der Waals surface area contributed by atoms with Crippen LogP contribution >= 0.6 is 0 Å². The minimum Gasteiger partial charge on any atom is -0.507 e. The normalized spacial score (nSPS) is 22.1. The molecule has 2 amide bonds. The Morgan fingerprint density at radius 2 is 1.73 bits per heavy atom. The van der Waals surface area contributed by atoms with Crippen LogP contribution in [0.3, 0.4) is 0 Å². The number of para-hydroxylation sites is 1. The molecule has 2 aromatic rings. The van der Waals surface area contributed by atoms with Gasteiger partial charge in [0.1, 0.15) is 18.1 Å². The van der Waals surface area contributed by atoms with Gasteiger partial charge in [0.15, 0.2) is 5.54 Å². The Balaban J connectivity index is 1.61. The Morgan fingerprint density at radius 1 is 1.00 bits per heavy atom. The van der Waals surface area contributed by atoms with E-state index in [4.69, 9.17) is 9.47 Å². The maximum atomic E-state index is 14.4. The zero-order valence-electron chi connectivity index (χ0n) is 22.4. The monoisotopic (exact) mass is 543 g/mol. The smallest absolute Gasteiger partial charge is 0.296 e. The number of rotatable bonds is 10. The Morgan fingerprint density at radius 3 is 2.42 bits per heavy atom. The average Bonchev–Trinajstić information content (AvgIpc) is 3.35. The van der Waals surface area contributed by atoms with E-state index < -0.39 is 28.9 Å². The summed E-state index contributed by atoms with van der Waals surface area (Å²) in [7, 11) is 0. The predicted molar refractivity (Wildman–Crippen MR) is 151 cm³/mol. The maximum absolute atomic E-state index is 14.4. The molecule has 0 bridgehead atoms. The van der Waals surface area contributed by atoms with Crippen molar-refractivity contribution in [3.8, 4) is 5.75 Å². The zero-order valence-corrected chi connectivity index (χ0v) is 22.4. The number of fused-ring (bicyclic) bond motifs is 2. The predicted octanol–water partition coefficient (Wildman–Crippen LogP) is 3.08. The average molecular weight is 544 g/mol. The molecule has 2 aromatic carbocycles. The number of hydrogen-bond acceptors (Lipinski definition) is 7. The first-order valence-electron chi connectivity index (χ1n) is 13.4. The first-order valence-corrected chi connectivity index (χ1v) is 13.4. The van der Waals surface area contributed by atoms with E-state index in [9.17, 15) is 19.5 Å². The summed E-state index contributed by atoms with van der Waals surface area (Å²) in [5.41, 5.74) is -0.663. The molecule has 2 saturated heterocycles. The molecule has 40 heavy (non-hydrogen) atoms. The number of carbonyl (C=O) groups excluding carboxylic acids is 3. The lowest BCUT2D eigenvalue weighted by Gasteiger charge is -2.35. The van der Waals surface area contributed by atoms with Crippen molar-refractivity contribution in [2.24, 2.45) is 0 Å². The van der Waals surface area contributed by atoms with Crippen molar-refractivity contribution in [3.63, 3.8) is 0 Å². The van der Waals surface area contributed by atoms with E-state index in [1.807, 2.05) is 0 Å². The van der Waals surface area contributed by atoms with Crippen LogP contribution in [-0.4, -0.2) is 85.0 Å². The second-order valence-corrected chi connectivity index (χ2v) is 9.87. The molecule has 1 spiro atoms. The van der Waals surface area contributed by atoms with Gasteiger partial charge in [-0.05, 0) is 36.8 Å². The highest BCUT2D eigenvalue weighted by atomic mass is 16.5. The van der Waals surface area contributed by atoms with Crippen LogP contribution in [0, 0.1) is 0 Å². The van der Waals surface area contributed by atoms with Crippen LogP contribution in [0.5, 0.6) is 5.75 Å². The zero-order chi connectivity index (χ0) is 28.3. The van der Waals surface area contributed by atoms with Gasteiger partial charge < -0.3 is 24.4 Å². The van der Waals surface area contributed by atoms with Gasteiger partial charge in [-0.2, -0.15) is 0 Å². The number of hydrogen-bond donors (Lipinski definition) is 1. The number of amides is 2. The molecular weight excluding hydrogens is 510 g/mol. The van der Waals surface area contributed by atoms with Gasteiger partial charge in [-0.15, -0.1) is 6.58 Å². The van der Waals surface area contributed by atoms with Crippen molar-refractivity contribution >= 4 is 29.0 Å². The standard InChI is InChI=1S/C31H33N3O6/c1-3-14-33-25-9-6-5-8-24(25)31(30(33)38)26(27(35)22-10-12-23(13-11-22)40-19-4-2)28(36)29(37)34(31)16-7-15-32-17-20-39-21-18-32/h3-6,8-13,35H,1-2,7,14-21H2/t31-/m1/s1. The lowest BCUT2D eigenvalue weighted by molar-refractivity contribution is -0.143. The third-order valence-corrected chi connectivity index (χ3v) is 7.58. The number of carbonyl (C=O) groups is 3. The van der Waals surface area contributed by atoms with E-state index in [2.05, 4.69) is 18.1 Å². The number of benzene rings is 2. The van der Waals surface area contributed by atoms with Crippen LogP contribution < -0.4 is 9.64 Å². The van der Waals surface area contributed by atoms with Crippen LogP contribution in [0.4, 0.5) is 5.69 Å². The van der Waals surface area contributed by atoms with Gasteiger partial charge in [-0.3, -0.25) is 19.3 Å². The van der Waals surface area contributed by atoms with Crippen molar-refractivity contribution in [1.29, 1.82) is 0 Å². The van der Waals surface area contributed by atoms with E-state index in [0.29, 0.717) is 55.4 Å². The molecule has 208 valence electrons. The summed E-state index contributed by atoms with van der Waals surface area (Å²) >= 11 is 0. The van der Waals surface area contributed by atoms with Crippen LogP contribution in [-0.2, 0) is 24.7 Å². The maximum Gasteiger partial charge on any atom is 0.296 e. The number of ether oxygens (including phenoxy) is 2. The summed E-state index contributed by atoms with van der Waals surface area (Å²) in [5.74, 6) is -2.02. The summed E-state index contributed by atoms with van der Waals surface area (Å²) in [6, 6.07) is 13.6. The van der Waals surface area contributed by atoms with Gasteiger partial charge in [0, 0.05) is 43.9 Å². The van der Waals surface area contributed by atoms with E-state index in [-0.39, 0.29) is 18.7 Å². The number of nitrogens with zero attached hydrogens (tertiary/aromatic N) is 3. The summed E-state index contributed by atoms with van der Waals surface area (Å²) in [4.78, 5) is 46.9. The van der Waals surface area contributed by atoms with E-state index >= 15 is 0 Å². The largest absolute Gasteiger partial charge is 0.507 e. The number of likely N-dealkylation sites (tertiary alicyclic amines) is 1. The SMILES string of the molecule is C=CCOc1ccc(C(O)=C2C(=O)C(=O)N(CCCN3CCOCC3)[C@@]23C(=O)N(CC=C)c2ccccc23)cc1. The van der Waals surface area contributed by atoms with E-state index in [0.717, 1.165) is 13.1 Å². The summed E-state index contributed by atoms with van der Waals surface area (Å²) in [6.45, 7) is 11.6. The Labute approximate surface area is 233 Å². The van der Waals surface area contributed by atoms with Crippen molar-refractivity contribution in [3.05, 3.63) is 90.5 Å². The molecule has 9 nitrogen and oxygen atoms in total. The molecule has 3 aliphatic rings. The summed E-state index contributed by atoms with van der Waals surface area (Å²) < 4.78 is 11.0. The highest BCUT2D eigenvalue weighted by Gasteiger charge is 2.66. The number of aliphatic hydroxyl groups excluding tert-OH is 1. The highest BCUT2D eigenvalue weighted by molar-refractivity contribution is 6.50. The quantitative estimate of drug-likeness (QED) is 0.213. The van der Waals surface area contributed by atoms with Gasteiger partial charge in [-0.1, -0.05) is 36.9 Å². The minimum absolute atomic E-state index is 0.162. The summed E-state index contributed by atoms with van der Waals surface area (Å²) in [5, 5.41) is 11.6. The number of morpholine rings is 1. The van der Waals surface area contributed by atoms with Crippen molar-refractivity contribution in [2.45, 2.75) is 12.0 Å². The van der Waals surface area contributed by atoms with Crippen LogP contribution in [0.1, 0.15) is 17.5 Å². The highest BCUT2D eigenvalue weighted by Crippen LogP contribution is 2.53. The lowest BCUT2D eigenvalue weighted by Crippen LogP contribution is -2.52. The fraction of sp³-hybridized carbons (Fsp3) is 0.323. The van der Waals surface area contributed by atoms with Gasteiger partial charge in [0.05, 0.1) is 24.5 Å². The Bertz CT molecular complexity index is 1360. The summed E-state index contributed by atoms with van der Waals surface area (Å²) in [6.07, 6.45) is 3.76. The molecule has 0 saturated carbocycles. The van der Waals surface area contributed by atoms with E-state index in [1.165, 1.54) is 9.80 Å². The molecule has 0 aliphatic carbocycles. The molecule has 2 fully saturated rings. The van der Waals surface area contributed by atoms with Crippen molar-refractivity contribution in [1.82, 2.24) is 9.80 Å². The molecule has 5 rings (SSSR count). The number of Topliss-reactive ketones (excluding diaryl/α,β-unsaturated/α-hetero) is 1. The molecule has 0 radical (unpaired) electrons. The molecular formula is C31H33N3O6. The molecule has 0 unspecified atom stereocenters. The van der Waals surface area contributed by atoms with Crippen molar-refractivity contribution < 1.29 is 29.0 Å². The molecule has 3 aliphatic heterocycles. The van der Waals surface area contributed by atoms with Gasteiger partial charge in [0.25, 0.3) is 17.6 Å². The second kappa shape index (κ2) is 11.5. The van der Waals surface area contributed by atoms with Gasteiger partial charge >= 0.3 is 0 Å². The molecule has 9 heteroatoms. The third-order valence-electron chi connectivity index (χ3n) is 7.58. The molecule has 3 heterocycles. The van der Waals surface area contributed by atoms with Crippen LogP contribution in [0.15, 0.2) is 79.4 Å².